The molecule has 2 rings (SSSR count). The Hall–Kier alpha value is -1.31. The van der Waals surface area contributed by atoms with E-state index in [-0.39, 0.29) is 0 Å². The molecule has 1 aromatic carbocycles. The molecule has 1 aromatic rings. The fourth-order valence-electron chi connectivity index (χ4n) is 3.63. The molecule has 2 heteroatoms. The van der Waals surface area contributed by atoms with Crippen molar-refractivity contribution in [3.05, 3.63) is 35.4 Å². The first-order chi connectivity index (χ1) is 9.10. The van der Waals surface area contributed by atoms with E-state index >= 15 is 0 Å². The van der Waals surface area contributed by atoms with Crippen LogP contribution in [-0.2, 0) is 16.6 Å². The lowest BCUT2D eigenvalue weighted by molar-refractivity contribution is -0.145. The molecule has 0 bridgehead atoms. The Morgan fingerprint density at radius 2 is 2.16 bits per heavy atom. The Labute approximate surface area is 115 Å². The van der Waals surface area contributed by atoms with Gasteiger partial charge in [0, 0.05) is 0 Å². The summed E-state index contributed by atoms with van der Waals surface area (Å²) in [5.41, 5.74) is 1.65. The van der Waals surface area contributed by atoms with Gasteiger partial charge in [0.1, 0.15) is 0 Å². The van der Waals surface area contributed by atoms with Gasteiger partial charge in [0.2, 0.25) is 0 Å². The van der Waals surface area contributed by atoms with Crippen LogP contribution in [0.15, 0.2) is 24.3 Å². The van der Waals surface area contributed by atoms with Crippen LogP contribution in [0.1, 0.15) is 57.1 Å². The van der Waals surface area contributed by atoms with E-state index in [4.69, 9.17) is 0 Å². The van der Waals surface area contributed by atoms with Gasteiger partial charge in [-0.05, 0) is 42.7 Å². The highest BCUT2D eigenvalue weighted by Crippen LogP contribution is 2.42. The van der Waals surface area contributed by atoms with Crippen molar-refractivity contribution >= 4 is 5.97 Å². The van der Waals surface area contributed by atoms with E-state index in [1.54, 1.807) is 0 Å². The Morgan fingerprint density at radius 3 is 2.84 bits per heavy atom. The summed E-state index contributed by atoms with van der Waals surface area (Å²) in [6, 6.07) is 8.12. The maximum Gasteiger partial charge on any atom is 0.314 e. The second kappa shape index (κ2) is 5.77. The number of benzene rings is 1. The number of hydrogen-bond donors (Lipinski definition) is 1. The average Bonchev–Trinajstić information content (AvgIpc) is 2.39. The molecule has 0 saturated carbocycles. The molecule has 2 atom stereocenters. The summed E-state index contributed by atoms with van der Waals surface area (Å²) in [6.07, 6.45) is 5.80. The number of aliphatic carboxylic acids is 1. The van der Waals surface area contributed by atoms with Gasteiger partial charge < -0.3 is 5.11 Å². The van der Waals surface area contributed by atoms with Gasteiger partial charge in [-0.2, -0.15) is 0 Å². The SMILES string of the molecule is CCCC(C)CC1(C(=O)O)CCCc2ccccc21. The van der Waals surface area contributed by atoms with Crippen LogP contribution in [0.5, 0.6) is 0 Å². The van der Waals surface area contributed by atoms with Crippen molar-refractivity contribution in [2.24, 2.45) is 5.92 Å². The number of carbonyl (C=O) groups is 1. The third kappa shape index (κ3) is 2.68. The zero-order valence-electron chi connectivity index (χ0n) is 12.0. The number of carboxylic acids is 1. The van der Waals surface area contributed by atoms with Gasteiger partial charge in [0.05, 0.1) is 5.41 Å². The maximum atomic E-state index is 12.0. The lowest BCUT2D eigenvalue weighted by Crippen LogP contribution is -2.40. The number of fused-ring (bicyclic) bond motifs is 1. The summed E-state index contributed by atoms with van der Waals surface area (Å²) in [6.45, 7) is 4.35. The van der Waals surface area contributed by atoms with Gasteiger partial charge in [-0.15, -0.1) is 0 Å². The number of hydrogen-bond acceptors (Lipinski definition) is 1. The minimum Gasteiger partial charge on any atom is -0.481 e. The second-order valence-electron chi connectivity index (χ2n) is 6.00. The zero-order chi connectivity index (χ0) is 13.9. The smallest absolute Gasteiger partial charge is 0.314 e. The van der Waals surface area contributed by atoms with Crippen LogP contribution in [0, 0.1) is 5.92 Å². The summed E-state index contributed by atoms with van der Waals surface area (Å²) in [5, 5.41) is 9.85. The van der Waals surface area contributed by atoms with Gasteiger partial charge in [0.15, 0.2) is 0 Å². The highest BCUT2D eigenvalue weighted by molar-refractivity contribution is 5.82. The molecule has 104 valence electrons. The van der Waals surface area contributed by atoms with Crippen LogP contribution in [0.2, 0.25) is 0 Å². The molecule has 0 saturated heterocycles. The zero-order valence-corrected chi connectivity index (χ0v) is 12.0. The highest BCUT2D eigenvalue weighted by Gasteiger charge is 2.43. The van der Waals surface area contributed by atoms with E-state index in [1.807, 2.05) is 18.2 Å². The van der Waals surface area contributed by atoms with Crippen LogP contribution in [0.25, 0.3) is 0 Å². The summed E-state index contributed by atoms with van der Waals surface area (Å²) in [5.74, 6) is -0.171. The molecule has 0 heterocycles. The van der Waals surface area contributed by atoms with Gasteiger partial charge in [-0.1, -0.05) is 51.0 Å². The van der Waals surface area contributed by atoms with Crippen LogP contribution < -0.4 is 0 Å². The number of carboxylic acid groups (broad SMARTS) is 1. The second-order valence-corrected chi connectivity index (χ2v) is 6.00. The van der Waals surface area contributed by atoms with Crippen molar-refractivity contribution in [2.75, 3.05) is 0 Å². The molecule has 0 radical (unpaired) electrons. The first kappa shape index (κ1) is 14.1. The van der Waals surface area contributed by atoms with Gasteiger partial charge in [-0.25, -0.2) is 0 Å². The molecule has 0 fully saturated rings. The average molecular weight is 260 g/mol. The molecule has 0 spiro atoms. The van der Waals surface area contributed by atoms with E-state index in [2.05, 4.69) is 19.9 Å². The first-order valence-electron chi connectivity index (χ1n) is 7.42. The molecule has 0 amide bonds. The van der Waals surface area contributed by atoms with Gasteiger partial charge >= 0.3 is 5.97 Å². The van der Waals surface area contributed by atoms with Crippen LogP contribution in [0.4, 0.5) is 0 Å². The Bertz CT molecular complexity index is 452. The quantitative estimate of drug-likeness (QED) is 0.862. The third-order valence-corrected chi connectivity index (χ3v) is 4.47. The Kier molecular flexibility index (Phi) is 4.28. The van der Waals surface area contributed by atoms with Gasteiger partial charge in [-0.3, -0.25) is 4.79 Å². The fraction of sp³-hybridized carbons (Fsp3) is 0.588. The van der Waals surface area contributed by atoms with E-state index in [1.165, 1.54) is 5.56 Å². The molecule has 1 aliphatic rings. The molecule has 2 nitrogen and oxygen atoms in total. The van der Waals surface area contributed by atoms with E-state index in [9.17, 15) is 9.90 Å². The van der Waals surface area contributed by atoms with E-state index < -0.39 is 11.4 Å². The molecular formula is C17H24O2. The Balaban J connectivity index is 2.38. The molecule has 19 heavy (non-hydrogen) atoms. The van der Waals surface area contributed by atoms with Crippen molar-refractivity contribution in [2.45, 2.75) is 57.8 Å². The molecule has 0 aromatic heterocycles. The molecule has 1 aliphatic carbocycles. The molecule has 1 N–H and O–H groups in total. The van der Waals surface area contributed by atoms with E-state index in [0.29, 0.717) is 5.92 Å². The van der Waals surface area contributed by atoms with Crippen LogP contribution in [0.3, 0.4) is 0 Å². The van der Waals surface area contributed by atoms with Crippen LogP contribution >= 0.6 is 0 Å². The van der Waals surface area contributed by atoms with Crippen LogP contribution in [-0.4, -0.2) is 11.1 Å². The van der Waals surface area contributed by atoms with Crippen molar-refractivity contribution in [3.63, 3.8) is 0 Å². The first-order valence-corrected chi connectivity index (χ1v) is 7.42. The largest absolute Gasteiger partial charge is 0.481 e. The standard InChI is InChI=1S/C17H24O2/c1-3-7-13(2)12-17(16(18)19)11-6-9-14-8-4-5-10-15(14)17/h4-5,8,10,13H,3,6-7,9,11-12H2,1-2H3,(H,18,19). The van der Waals surface area contributed by atoms with Gasteiger partial charge in [0.25, 0.3) is 0 Å². The van der Waals surface area contributed by atoms with E-state index in [0.717, 1.165) is 44.1 Å². The summed E-state index contributed by atoms with van der Waals surface area (Å²) < 4.78 is 0. The molecule has 2 unspecified atom stereocenters. The normalized spacial score (nSPS) is 23.7. The summed E-state index contributed by atoms with van der Waals surface area (Å²) in [4.78, 5) is 12.0. The summed E-state index contributed by atoms with van der Waals surface area (Å²) in [7, 11) is 0. The van der Waals surface area contributed by atoms with Crippen molar-refractivity contribution in [1.29, 1.82) is 0 Å². The predicted molar refractivity (Wildman–Crippen MR) is 77.4 cm³/mol. The lowest BCUT2D eigenvalue weighted by Gasteiger charge is -2.37. The minimum absolute atomic E-state index is 0.465. The number of rotatable bonds is 5. The Morgan fingerprint density at radius 1 is 1.42 bits per heavy atom. The maximum absolute atomic E-state index is 12.0. The highest BCUT2D eigenvalue weighted by atomic mass is 16.4. The van der Waals surface area contributed by atoms with Crippen molar-refractivity contribution in [1.82, 2.24) is 0 Å². The molecular weight excluding hydrogens is 236 g/mol. The minimum atomic E-state index is -0.649. The topological polar surface area (TPSA) is 37.3 Å². The monoisotopic (exact) mass is 260 g/mol. The predicted octanol–water partition coefficient (Wildman–Crippen LogP) is 4.17. The molecule has 0 aliphatic heterocycles. The fourth-order valence-corrected chi connectivity index (χ4v) is 3.63. The lowest BCUT2D eigenvalue weighted by atomic mass is 9.65. The summed E-state index contributed by atoms with van der Waals surface area (Å²) >= 11 is 0. The number of aryl methyl sites for hydroxylation is 1. The third-order valence-electron chi connectivity index (χ3n) is 4.47. The van der Waals surface area contributed by atoms with Crippen molar-refractivity contribution in [3.8, 4) is 0 Å². The van der Waals surface area contributed by atoms with Crippen molar-refractivity contribution < 1.29 is 9.90 Å².